The molecule has 0 unspecified atom stereocenters. The van der Waals surface area contributed by atoms with Crippen LogP contribution in [0.2, 0.25) is 5.02 Å². The smallest absolute Gasteiger partial charge is 0.301 e. The third kappa shape index (κ3) is 4.84. The number of azo groups is 1. The second-order valence-corrected chi connectivity index (χ2v) is 10.0. The number of nitrogens with two attached hydrogens (primary N) is 1. The number of benzene rings is 2. The molecule has 33 heavy (non-hydrogen) atoms. The number of aromatic amines is 1. The van der Waals surface area contributed by atoms with Crippen molar-refractivity contribution in [3.8, 4) is 0 Å². The van der Waals surface area contributed by atoms with Crippen molar-refractivity contribution >= 4 is 77.0 Å². The van der Waals surface area contributed by atoms with Gasteiger partial charge in [-0.1, -0.05) is 22.9 Å². The van der Waals surface area contributed by atoms with Gasteiger partial charge in [0.15, 0.2) is 10.8 Å². The zero-order valence-electron chi connectivity index (χ0n) is 16.5. The third-order valence-corrected chi connectivity index (χ3v) is 6.76. The van der Waals surface area contributed by atoms with Gasteiger partial charge in [-0.15, -0.1) is 5.11 Å². The van der Waals surface area contributed by atoms with E-state index in [2.05, 4.69) is 25.6 Å². The molecule has 2 aromatic heterocycles. The summed E-state index contributed by atoms with van der Waals surface area (Å²) in [6.07, 6.45) is 0. The Kier molecular flexibility index (Phi) is 6.11. The number of primary sulfonamides is 1. The molecule has 0 radical (unpaired) electrons. The van der Waals surface area contributed by atoms with E-state index in [1.165, 1.54) is 36.4 Å². The van der Waals surface area contributed by atoms with Crippen molar-refractivity contribution in [2.75, 3.05) is 5.32 Å². The van der Waals surface area contributed by atoms with Gasteiger partial charge in [0.05, 0.1) is 31.5 Å². The number of thiocarbonyl (C=S) groups is 1. The Balaban J connectivity index is 1.56. The highest BCUT2D eigenvalue weighted by atomic mass is 35.5. The fraction of sp³-hybridized carbons (Fsp3) is 0.0556. The number of aryl methyl sites for hydroxylation is 1. The summed E-state index contributed by atoms with van der Waals surface area (Å²) in [4.78, 5) is 17.0. The van der Waals surface area contributed by atoms with Gasteiger partial charge in [0, 0.05) is 0 Å². The van der Waals surface area contributed by atoms with Crippen molar-refractivity contribution in [2.45, 2.75) is 11.8 Å². The van der Waals surface area contributed by atoms with Crippen LogP contribution in [0, 0.1) is 12.7 Å². The van der Waals surface area contributed by atoms with Crippen molar-refractivity contribution in [1.82, 2.24) is 14.8 Å². The van der Waals surface area contributed by atoms with E-state index >= 15 is 0 Å². The van der Waals surface area contributed by atoms with E-state index < -0.39 is 21.4 Å². The zero-order valence-corrected chi connectivity index (χ0v) is 19.7. The van der Waals surface area contributed by atoms with Crippen LogP contribution in [-0.2, 0) is 10.0 Å². The molecular weight excluding hydrogens is 513 g/mol. The Hall–Kier alpha value is -3.04. The summed E-state index contributed by atoms with van der Waals surface area (Å²) in [5, 5.41) is 18.9. The molecule has 0 fully saturated rings. The van der Waals surface area contributed by atoms with Crippen LogP contribution in [0.5, 0.6) is 0 Å². The summed E-state index contributed by atoms with van der Waals surface area (Å²) in [5.74, 6) is -0.563. The molecule has 0 amide bonds. The van der Waals surface area contributed by atoms with Gasteiger partial charge in [0.1, 0.15) is 5.82 Å². The lowest BCUT2D eigenvalue weighted by atomic mass is 10.3. The van der Waals surface area contributed by atoms with Crippen LogP contribution in [0.1, 0.15) is 5.69 Å². The second-order valence-electron chi connectivity index (χ2n) is 6.65. The summed E-state index contributed by atoms with van der Waals surface area (Å²) in [6, 6.07) is 8.03. The van der Waals surface area contributed by atoms with Crippen molar-refractivity contribution in [2.24, 2.45) is 15.4 Å². The highest BCUT2D eigenvalue weighted by Gasteiger charge is 2.16. The fourth-order valence-electron chi connectivity index (χ4n) is 2.73. The number of anilines is 1. The van der Waals surface area contributed by atoms with E-state index in [4.69, 9.17) is 29.0 Å². The first kappa shape index (κ1) is 23.1. The molecule has 0 spiro atoms. The Morgan fingerprint density at radius 2 is 2.00 bits per heavy atom. The molecular formula is C18H13ClFN7O3S3. The minimum Gasteiger partial charge on any atom is -0.307 e. The largest absolute Gasteiger partial charge is 0.307 e. The summed E-state index contributed by atoms with van der Waals surface area (Å²) >= 11 is 12.2. The molecule has 0 saturated heterocycles. The van der Waals surface area contributed by atoms with E-state index in [1.807, 2.05) is 0 Å². The third-order valence-electron chi connectivity index (χ3n) is 4.32. The Bertz CT molecular complexity index is 1550. The molecule has 2 aromatic carbocycles. The number of rotatable bonds is 4. The number of nitrogens with zero attached hydrogens (tertiary/aromatic N) is 4. The zero-order chi connectivity index (χ0) is 23.9. The predicted molar refractivity (Wildman–Crippen MR) is 128 cm³/mol. The highest BCUT2D eigenvalue weighted by molar-refractivity contribution is 7.89. The average molecular weight is 526 g/mol. The van der Waals surface area contributed by atoms with Gasteiger partial charge < -0.3 is 5.32 Å². The lowest BCUT2D eigenvalue weighted by molar-refractivity contribution is 0.598. The maximum Gasteiger partial charge on any atom is 0.301 e. The molecule has 0 saturated carbocycles. The van der Waals surface area contributed by atoms with Crippen molar-refractivity contribution in [1.29, 1.82) is 0 Å². The fourth-order valence-corrected chi connectivity index (χ4v) is 4.57. The van der Waals surface area contributed by atoms with E-state index in [9.17, 15) is 17.6 Å². The summed E-state index contributed by atoms with van der Waals surface area (Å²) in [7, 11) is -3.83. The van der Waals surface area contributed by atoms with Crippen molar-refractivity contribution in [3.05, 3.63) is 63.3 Å². The van der Waals surface area contributed by atoms with Gasteiger partial charge in [0.25, 0.3) is 0 Å². The SMILES string of the molecule is Cc1[nH]n(C(=S)Nc2nc3cc(Cl)c(F)cc3s2)c(=O)c1N=Nc1ccc(S(N)(=O)=O)cc1. The molecule has 4 rings (SSSR count). The van der Waals surface area contributed by atoms with Crippen LogP contribution < -0.4 is 16.0 Å². The van der Waals surface area contributed by atoms with E-state index in [1.54, 1.807) is 6.92 Å². The molecule has 4 N–H and O–H groups in total. The van der Waals surface area contributed by atoms with Crippen molar-refractivity contribution in [3.63, 3.8) is 0 Å². The quantitative estimate of drug-likeness (QED) is 0.269. The number of fused-ring (bicyclic) bond motifs is 1. The molecule has 0 aliphatic carbocycles. The number of hydrogen-bond donors (Lipinski definition) is 3. The van der Waals surface area contributed by atoms with Crippen LogP contribution in [-0.4, -0.2) is 28.3 Å². The standard InChI is InChI=1S/C18H13ClFN7O3S3/c1-8-15(25-24-9-2-4-10(5-3-9)33(21,29)30)16(28)27(26-8)18(31)23-17-22-13-6-11(19)12(20)7-14(13)32-17/h2-7,26H,1H3,(H2,21,29,30)(H,22,23,31). The molecule has 170 valence electrons. The first-order valence-electron chi connectivity index (χ1n) is 8.96. The average Bonchev–Trinajstić information content (AvgIpc) is 3.25. The van der Waals surface area contributed by atoms with Crippen LogP contribution in [0.15, 0.2) is 56.3 Å². The number of H-pyrrole nitrogens is 1. The number of thiazole rings is 1. The number of aromatic nitrogens is 3. The minimum atomic E-state index is -3.83. The van der Waals surface area contributed by atoms with Gasteiger partial charge in [-0.2, -0.15) is 9.80 Å². The first-order valence-corrected chi connectivity index (χ1v) is 12.1. The maximum atomic E-state index is 13.7. The summed E-state index contributed by atoms with van der Waals surface area (Å²) < 4.78 is 37.9. The van der Waals surface area contributed by atoms with Gasteiger partial charge in [0.2, 0.25) is 15.1 Å². The van der Waals surface area contributed by atoms with Gasteiger partial charge in [-0.3, -0.25) is 9.89 Å². The number of halogens is 2. The molecule has 0 aliphatic rings. The molecule has 2 heterocycles. The van der Waals surface area contributed by atoms with Crippen LogP contribution >= 0.6 is 35.2 Å². The first-order chi connectivity index (χ1) is 15.5. The predicted octanol–water partition coefficient (Wildman–Crippen LogP) is 4.19. The van der Waals surface area contributed by atoms with Crippen LogP contribution in [0.3, 0.4) is 0 Å². The van der Waals surface area contributed by atoms with Gasteiger partial charge in [-0.25, -0.2) is 22.9 Å². The minimum absolute atomic E-state index is 0.00678. The number of nitrogens with one attached hydrogen (secondary N) is 2. The molecule has 0 bridgehead atoms. The maximum absolute atomic E-state index is 13.7. The molecule has 0 aliphatic heterocycles. The topological polar surface area (TPSA) is 148 Å². The van der Waals surface area contributed by atoms with Crippen LogP contribution in [0.25, 0.3) is 10.2 Å². The normalized spacial score (nSPS) is 12.0. The van der Waals surface area contributed by atoms with Crippen LogP contribution in [0.4, 0.5) is 20.9 Å². The van der Waals surface area contributed by atoms with Gasteiger partial charge in [-0.05, 0) is 55.5 Å². The van der Waals surface area contributed by atoms with E-state index in [0.29, 0.717) is 26.7 Å². The second kappa shape index (κ2) is 8.72. The lowest BCUT2D eigenvalue weighted by Gasteiger charge is -2.03. The molecule has 15 heteroatoms. The van der Waals surface area contributed by atoms with E-state index in [0.717, 1.165) is 16.0 Å². The molecule has 0 atom stereocenters. The van der Waals surface area contributed by atoms with Crippen molar-refractivity contribution < 1.29 is 12.8 Å². The Labute approximate surface area is 200 Å². The number of sulfonamides is 1. The Morgan fingerprint density at radius 1 is 1.30 bits per heavy atom. The molecule has 4 aromatic rings. The summed E-state index contributed by atoms with van der Waals surface area (Å²) in [6.45, 7) is 1.61. The summed E-state index contributed by atoms with van der Waals surface area (Å²) in [5.41, 5.74) is 0.634. The monoisotopic (exact) mass is 525 g/mol. The van der Waals surface area contributed by atoms with E-state index in [-0.39, 0.29) is 20.7 Å². The highest BCUT2D eigenvalue weighted by Crippen LogP contribution is 2.30. The lowest BCUT2D eigenvalue weighted by Crippen LogP contribution is -2.29. The molecule has 10 nitrogen and oxygen atoms in total. The Morgan fingerprint density at radius 3 is 2.67 bits per heavy atom. The van der Waals surface area contributed by atoms with Gasteiger partial charge >= 0.3 is 5.56 Å². The number of hydrogen-bond acceptors (Lipinski definition) is 8.